The molecule has 0 bridgehead atoms. The van der Waals surface area contributed by atoms with Crippen molar-refractivity contribution in [2.45, 2.75) is 39.7 Å². The number of nitrogens with one attached hydrogen (secondary N) is 1. The minimum Gasteiger partial charge on any atom is -0.334 e. The van der Waals surface area contributed by atoms with E-state index < -0.39 is 0 Å². The van der Waals surface area contributed by atoms with Gasteiger partial charge in [-0.3, -0.25) is 0 Å². The second-order valence-corrected chi connectivity index (χ2v) is 5.56. The first-order valence-corrected chi connectivity index (χ1v) is 7.80. The normalized spacial score (nSPS) is 10.4. The van der Waals surface area contributed by atoms with Crippen LogP contribution in [0.1, 0.15) is 38.7 Å². The van der Waals surface area contributed by atoms with Gasteiger partial charge in [0.1, 0.15) is 0 Å². The van der Waals surface area contributed by atoms with Crippen LogP contribution in [-0.2, 0) is 6.54 Å². The van der Waals surface area contributed by atoms with Crippen molar-refractivity contribution in [3.63, 3.8) is 0 Å². The zero-order chi connectivity index (χ0) is 15.0. The van der Waals surface area contributed by atoms with Crippen LogP contribution in [0.5, 0.6) is 0 Å². The fourth-order valence-electron chi connectivity index (χ4n) is 1.87. The molecular formula is C15H22Cl2N2O. The number of carbonyl (C=O) groups is 1. The highest BCUT2D eigenvalue weighted by Crippen LogP contribution is 2.22. The monoisotopic (exact) mass is 316 g/mol. The number of benzene rings is 1. The third kappa shape index (κ3) is 5.59. The van der Waals surface area contributed by atoms with Crippen molar-refractivity contribution < 1.29 is 4.79 Å². The molecule has 0 saturated carbocycles. The van der Waals surface area contributed by atoms with Crippen LogP contribution in [-0.4, -0.2) is 24.0 Å². The summed E-state index contributed by atoms with van der Waals surface area (Å²) in [6.45, 7) is 6.25. The molecule has 1 aromatic rings. The summed E-state index contributed by atoms with van der Waals surface area (Å²) in [6.07, 6.45) is 3.07. The lowest BCUT2D eigenvalue weighted by molar-refractivity contribution is 0.196. The minimum atomic E-state index is -0.0219. The number of carbonyl (C=O) groups excluding carboxylic acids is 1. The van der Waals surface area contributed by atoms with Gasteiger partial charge in [-0.25, -0.2) is 4.79 Å². The van der Waals surface area contributed by atoms with Gasteiger partial charge in [-0.2, -0.15) is 0 Å². The minimum absolute atomic E-state index is 0.0219. The molecular weight excluding hydrogens is 295 g/mol. The Morgan fingerprint density at radius 2 is 1.90 bits per heavy atom. The number of urea groups is 1. The summed E-state index contributed by atoms with van der Waals surface area (Å²) in [7, 11) is 0. The predicted octanol–water partition coefficient (Wildman–Crippen LogP) is 4.72. The van der Waals surface area contributed by atoms with Crippen LogP contribution in [0.4, 0.5) is 4.79 Å². The Labute approximate surface area is 131 Å². The molecule has 0 atom stereocenters. The standard InChI is InChI=1S/C15H22Cl2N2O/c1-3-5-9-19(8-4-2)15(20)18-11-12-6-7-13(16)14(17)10-12/h6-7,10H,3-5,8-9,11H2,1-2H3,(H,18,20). The Hall–Kier alpha value is -0.930. The van der Waals surface area contributed by atoms with E-state index in [1.54, 1.807) is 12.1 Å². The van der Waals surface area contributed by atoms with Crippen LogP contribution in [0.2, 0.25) is 10.0 Å². The number of nitrogens with zero attached hydrogens (tertiary/aromatic N) is 1. The smallest absolute Gasteiger partial charge is 0.317 e. The molecule has 0 fully saturated rings. The van der Waals surface area contributed by atoms with Crippen molar-refractivity contribution in [3.8, 4) is 0 Å². The van der Waals surface area contributed by atoms with Gasteiger partial charge in [0, 0.05) is 19.6 Å². The highest BCUT2D eigenvalue weighted by molar-refractivity contribution is 6.42. The molecule has 3 nitrogen and oxygen atoms in total. The summed E-state index contributed by atoms with van der Waals surface area (Å²) in [4.78, 5) is 14.0. The lowest BCUT2D eigenvalue weighted by atomic mass is 10.2. The SMILES string of the molecule is CCCCN(CCC)C(=O)NCc1ccc(Cl)c(Cl)c1. The van der Waals surface area contributed by atoms with Gasteiger partial charge in [0.2, 0.25) is 0 Å². The third-order valence-corrected chi connectivity index (χ3v) is 3.73. The molecule has 0 aliphatic heterocycles. The van der Waals surface area contributed by atoms with Gasteiger partial charge in [0.05, 0.1) is 10.0 Å². The highest BCUT2D eigenvalue weighted by atomic mass is 35.5. The number of halogens is 2. The largest absolute Gasteiger partial charge is 0.334 e. The zero-order valence-electron chi connectivity index (χ0n) is 12.1. The summed E-state index contributed by atoms with van der Waals surface area (Å²) in [5.41, 5.74) is 0.944. The molecule has 2 amide bonds. The van der Waals surface area contributed by atoms with Gasteiger partial charge in [0.15, 0.2) is 0 Å². The van der Waals surface area contributed by atoms with E-state index in [2.05, 4.69) is 19.2 Å². The van der Waals surface area contributed by atoms with Crippen molar-refractivity contribution in [1.82, 2.24) is 10.2 Å². The van der Waals surface area contributed by atoms with Gasteiger partial charge >= 0.3 is 6.03 Å². The number of rotatable bonds is 7. The Bertz CT molecular complexity index is 438. The van der Waals surface area contributed by atoms with E-state index in [0.717, 1.165) is 37.9 Å². The van der Waals surface area contributed by atoms with Crippen molar-refractivity contribution in [1.29, 1.82) is 0 Å². The molecule has 0 radical (unpaired) electrons. The molecule has 0 aromatic heterocycles. The molecule has 20 heavy (non-hydrogen) atoms. The van der Waals surface area contributed by atoms with Gasteiger partial charge in [-0.15, -0.1) is 0 Å². The average molecular weight is 317 g/mol. The maximum atomic E-state index is 12.1. The Morgan fingerprint density at radius 3 is 2.50 bits per heavy atom. The maximum absolute atomic E-state index is 12.1. The van der Waals surface area contributed by atoms with Crippen molar-refractivity contribution >= 4 is 29.2 Å². The Kier molecular flexibility index (Phi) is 7.78. The van der Waals surface area contributed by atoms with E-state index in [9.17, 15) is 4.79 Å². The predicted molar refractivity (Wildman–Crippen MR) is 85.5 cm³/mol. The second-order valence-electron chi connectivity index (χ2n) is 4.75. The molecule has 0 saturated heterocycles. The molecule has 0 heterocycles. The quantitative estimate of drug-likeness (QED) is 0.776. The van der Waals surface area contributed by atoms with Crippen LogP contribution in [0.15, 0.2) is 18.2 Å². The van der Waals surface area contributed by atoms with Crippen LogP contribution < -0.4 is 5.32 Å². The first-order valence-electron chi connectivity index (χ1n) is 7.05. The topological polar surface area (TPSA) is 32.3 Å². The summed E-state index contributed by atoms with van der Waals surface area (Å²) in [6, 6.07) is 5.36. The van der Waals surface area contributed by atoms with Crippen LogP contribution in [0.3, 0.4) is 0 Å². The van der Waals surface area contributed by atoms with Crippen LogP contribution in [0, 0.1) is 0 Å². The second kappa shape index (κ2) is 9.09. The fourth-order valence-corrected chi connectivity index (χ4v) is 2.19. The summed E-state index contributed by atoms with van der Waals surface area (Å²) in [5.74, 6) is 0. The third-order valence-electron chi connectivity index (χ3n) is 2.99. The van der Waals surface area contributed by atoms with Crippen LogP contribution in [0.25, 0.3) is 0 Å². The van der Waals surface area contributed by atoms with Crippen LogP contribution >= 0.6 is 23.2 Å². The van der Waals surface area contributed by atoms with Gasteiger partial charge in [-0.05, 0) is 30.5 Å². The first-order chi connectivity index (χ1) is 9.58. The lowest BCUT2D eigenvalue weighted by Crippen LogP contribution is -2.40. The molecule has 112 valence electrons. The zero-order valence-corrected chi connectivity index (χ0v) is 13.6. The van der Waals surface area contributed by atoms with E-state index in [-0.39, 0.29) is 6.03 Å². The molecule has 0 aliphatic rings. The van der Waals surface area contributed by atoms with E-state index >= 15 is 0 Å². The van der Waals surface area contributed by atoms with E-state index in [4.69, 9.17) is 23.2 Å². The number of hydrogen-bond donors (Lipinski definition) is 1. The van der Waals surface area contributed by atoms with Gasteiger partial charge in [0.25, 0.3) is 0 Å². The molecule has 1 N–H and O–H groups in total. The lowest BCUT2D eigenvalue weighted by Gasteiger charge is -2.22. The number of hydrogen-bond acceptors (Lipinski definition) is 1. The van der Waals surface area contributed by atoms with Crippen molar-refractivity contribution in [2.75, 3.05) is 13.1 Å². The van der Waals surface area contributed by atoms with Crippen molar-refractivity contribution in [3.05, 3.63) is 33.8 Å². The molecule has 5 heteroatoms. The van der Waals surface area contributed by atoms with Crippen molar-refractivity contribution in [2.24, 2.45) is 0 Å². The molecule has 0 spiro atoms. The summed E-state index contributed by atoms with van der Waals surface area (Å²) in [5, 5.41) is 3.96. The molecule has 1 aromatic carbocycles. The highest BCUT2D eigenvalue weighted by Gasteiger charge is 2.11. The molecule has 1 rings (SSSR count). The molecule has 0 unspecified atom stereocenters. The average Bonchev–Trinajstić information content (AvgIpc) is 2.44. The van der Waals surface area contributed by atoms with E-state index in [1.165, 1.54) is 0 Å². The van der Waals surface area contributed by atoms with Gasteiger partial charge in [-0.1, -0.05) is 49.5 Å². The molecule has 0 aliphatic carbocycles. The Morgan fingerprint density at radius 1 is 1.15 bits per heavy atom. The first kappa shape index (κ1) is 17.1. The van der Waals surface area contributed by atoms with E-state index in [0.29, 0.717) is 16.6 Å². The summed E-state index contributed by atoms with van der Waals surface area (Å²) < 4.78 is 0. The fraction of sp³-hybridized carbons (Fsp3) is 0.533. The number of amides is 2. The summed E-state index contributed by atoms with van der Waals surface area (Å²) >= 11 is 11.8. The maximum Gasteiger partial charge on any atom is 0.317 e. The van der Waals surface area contributed by atoms with E-state index in [1.807, 2.05) is 11.0 Å². The van der Waals surface area contributed by atoms with Gasteiger partial charge < -0.3 is 10.2 Å². The number of unbranched alkanes of at least 4 members (excludes halogenated alkanes) is 1. The Balaban J connectivity index is 2.52.